The van der Waals surface area contributed by atoms with Crippen molar-refractivity contribution in [2.75, 3.05) is 6.61 Å². The molecule has 98 valence electrons. The van der Waals surface area contributed by atoms with Crippen molar-refractivity contribution in [2.45, 2.75) is 76.4 Å². The van der Waals surface area contributed by atoms with E-state index in [1.54, 1.807) is 0 Å². The molecular formula is C14H24O3. The molecule has 0 radical (unpaired) electrons. The summed E-state index contributed by atoms with van der Waals surface area (Å²) in [5.41, 5.74) is -0.744. The Bertz CT molecular complexity index is 277. The first kappa shape index (κ1) is 12.9. The van der Waals surface area contributed by atoms with Gasteiger partial charge in [-0.05, 0) is 26.2 Å². The minimum absolute atomic E-state index is 0.115. The fourth-order valence-electron chi connectivity index (χ4n) is 3.22. The molecular weight excluding hydrogens is 216 g/mol. The Balaban J connectivity index is 2.07. The number of carbonyl (C=O) groups excluding carboxylic acids is 1. The van der Waals surface area contributed by atoms with Crippen LogP contribution in [0.25, 0.3) is 0 Å². The lowest BCUT2D eigenvalue weighted by Crippen LogP contribution is -2.37. The predicted molar refractivity (Wildman–Crippen MR) is 65.8 cm³/mol. The van der Waals surface area contributed by atoms with Gasteiger partial charge in [-0.25, -0.2) is 4.79 Å². The summed E-state index contributed by atoms with van der Waals surface area (Å²) in [6.45, 7) is 4.46. The van der Waals surface area contributed by atoms with Crippen molar-refractivity contribution >= 4 is 5.97 Å². The Morgan fingerprint density at radius 3 is 2.53 bits per heavy atom. The highest BCUT2D eigenvalue weighted by atomic mass is 16.7. The van der Waals surface area contributed by atoms with Crippen LogP contribution in [0.3, 0.4) is 0 Å². The highest BCUT2D eigenvalue weighted by Gasteiger charge is 2.74. The number of ether oxygens (including phenoxy) is 2. The van der Waals surface area contributed by atoms with Crippen molar-refractivity contribution in [2.24, 2.45) is 0 Å². The third kappa shape index (κ3) is 2.10. The molecule has 1 heterocycles. The van der Waals surface area contributed by atoms with Gasteiger partial charge in [0.1, 0.15) is 5.60 Å². The van der Waals surface area contributed by atoms with Crippen LogP contribution in [0.4, 0.5) is 0 Å². The molecule has 3 nitrogen and oxygen atoms in total. The Morgan fingerprint density at radius 1 is 1.24 bits per heavy atom. The second-order valence-corrected chi connectivity index (χ2v) is 5.31. The van der Waals surface area contributed by atoms with E-state index >= 15 is 0 Å². The molecule has 17 heavy (non-hydrogen) atoms. The van der Waals surface area contributed by atoms with Gasteiger partial charge in [0.2, 0.25) is 0 Å². The number of carbonyl (C=O) groups is 1. The van der Waals surface area contributed by atoms with E-state index in [9.17, 15) is 4.79 Å². The number of hydrogen-bond donors (Lipinski definition) is 0. The van der Waals surface area contributed by atoms with Gasteiger partial charge >= 0.3 is 5.97 Å². The summed E-state index contributed by atoms with van der Waals surface area (Å²) in [5.74, 6) is -0.115. The van der Waals surface area contributed by atoms with E-state index in [0.29, 0.717) is 6.61 Å². The Morgan fingerprint density at radius 2 is 1.94 bits per heavy atom. The first-order chi connectivity index (χ1) is 8.21. The van der Waals surface area contributed by atoms with Crippen molar-refractivity contribution in [3.63, 3.8) is 0 Å². The molecule has 0 N–H and O–H groups in total. The lowest BCUT2D eigenvalue weighted by Gasteiger charge is -2.22. The van der Waals surface area contributed by atoms with Crippen LogP contribution in [-0.4, -0.2) is 23.8 Å². The largest absolute Gasteiger partial charge is 0.464 e. The maximum atomic E-state index is 12.2. The van der Waals surface area contributed by atoms with Crippen LogP contribution in [0.2, 0.25) is 0 Å². The van der Waals surface area contributed by atoms with Gasteiger partial charge in [0.15, 0.2) is 5.60 Å². The smallest absolute Gasteiger partial charge is 0.341 e. The van der Waals surface area contributed by atoms with Crippen LogP contribution < -0.4 is 0 Å². The molecule has 0 aromatic heterocycles. The van der Waals surface area contributed by atoms with Crippen LogP contribution in [0.15, 0.2) is 0 Å². The first-order valence-corrected chi connectivity index (χ1v) is 7.08. The van der Waals surface area contributed by atoms with Gasteiger partial charge in [-0.2, -0.15) is 0 Å². The van der Waals surface area contributed by atoms with Crippen molar-refractivity contribution in [1.82, 2.24) is 0 Å². The summed E-state index contributed by atoms with van der Waals surface area (Å²) in [7, 11) is 0. The van der Waals surface area contributed by atoms with Crippen LogP contribution in [-0.2, 0) is 14.3 Å². The van der Waals surface area contributed by atoms with Crippen molar-refractivity contribution in [3.05, 3.63) is 0 Å². The van der Waals surface area contributed by atoms with Gasteiger partial charge in [0.25, 0.3) is 0 Å². The zero-order chi connectivity index (χ0) is 12.4. The first-order valence-electron chi connectivity index (χ1n) is 7.08. The Kier molecular flexibility index (Phi) is 3.76. The Labute approximate surface area is 104 Å². The molecule has 0 aromatic rings. The minimum Gasteiger partial charge on any atom is -0.464 e. The number of epoxide rings is 1. The summed E-state index contributed by atoms with van der Waals surface area (Å²) in [4.78, 5) is 12.2. The fraction of sp³-hybridized carbons (Fsp3) is 0.929. The highest BCUT2D eigenvalue weighted by molar-refractivity contribution is 5.85. The van der Waals surface area contributed by atoms with Crippen molar-refractivity contribution in [1.29, 1.82) is 0 Å². The van der Waals surface area contributed by atoms with E-state index in [1.165, 1.54) is 19.3 Å². The average molecular weight is 240 g/mol. The number of rotatable bonds is 5. The molecule has 1 aliphatic carbocycles. The molecule has 1 saturated heterocycles. The van der Waals surface area contributed by atoms with E-state index in [4.69, 9.17) is 9.47 Å². The Hall–Kier alpha value is -0.570. The van der Waals surface area contributed by atoms with Gasteiger partial charge in [-0.3, -0.25) is 0 Å². The molecule has 1 unspecified atom stereocenters. The fourth-order valence-corrected chi connectivity index (χ4v) is 3.22. The molecule has 0 amide bonds. The second-order valence-electron chi connectivity index (χ2n) is 5.31. The highest BCUT2D eigenvalue weighted by Crippen LogP contribution is 2.59. The van der Waals surface area contributed by atoms with Crippen molar-refractivity contribution in [3.8, 4) is 0 Å². The maximum Gasteiger partial charge on any atom is 0.341 e. The van der Waals surface area contributed by atoms with Gasteiger partial charge < -0.3 is 9.47 Å². The molecule has 1 aliphatic heterocycles. The maximum absolute atomic E-state index is 12.2. The third-order valence-electron chi connectivity index (χ3n) is 4.21. The molecule has 2 fully saturated rings. The van der Waals surface area contributed by atoms with Crippen LogP contribution in [0.1, 0.15) is 65.2 Å². The number of esters is 1. The van der Waals surface area contributed by atoms with E-state index in [-0.39, 0.29) is 11.6 Å². The molecule has 0 aromatic carbocycles. The van der Waals surface area contributed by atoms with Gasteiger partial charge in [0.05, 0.1) is 6.61 Å². The van der Waals surface area contributed by atoms with Gasteiger partial charge in [0, 0.05) is 0 Å². The summed E-state index contributed by atoms with van der Waals surface area (Å²) in [6.07, 6.45) is 8.70. The second kappa shape index (κ2) is 4.97. The zero-order valence-corrected chi connectivity index (χ0v) is 11.1. The molecule has 1 saturated carbocycles. The summed E-state index contributed by atoms with van der Waals surface area (Å²) in [5, 5.41) is 0. The predicted octanol–water partition coefficient (Wildman–Crippen LogP) is 3.21. The molecule has 0 bridgehead atoms. The molecule has 2 rings (SSSR count). The summed E-state index contributed by atoms with van der Waals surface area (Å²) < 4.78 is 11.2. The zero-order valence-electron chi connectivity index (χ0n) is 11.1. The summed E-state index contributed by atoms with van der Waals surface area (Å²) >= 11 is 0. The lowest BCUT2D eigenvalue weighted by molar-refractivity contribution is -0.150. The van der Waals surface area contributed by atoms with E-state index in [0.717, 1.165) is 32.1 Å². The topological polar surface area (TPSA) is 38.8 Å². The van der Waals surface area contributed by atoms with Crippen molar-refractivity contribution < 1.29 is 14.3 Å². The molecule has 2 aliphatic rings. The average Bonchev–Trinajstić information content (AvgIpc) is 2.96. The normalized spacial score (nSPS) is 30.2. The lowest BCUT2D eigenvalue weighted by atomic mass is 9.78. The van der Waals surface area contributed by atoms with Crippen LogP contribution >= 0.6 is 0 Å². The quantitative estimate of drug-likeness (QED) is 0.547. The van der Waals surface area contributed by atoms with E-state index in [1.807, 2.05) is 6.92 Å². The monoisotopic (exact) mass is 240 g/mol. The number of unbranched alkanes of at least 4 members (excludes halogenated alkanes) is 1. The minimum atomic E-state index is -0.584. The molecule has 1 atom stereocenters. The molecule has 1 spiro atoms. The van der Waals surface area contributed by atoms with Crippen LogP contribution in [0, 0.1) is 0 Å². The third-order valence-corrected chi connectivity index (χ3v) is 4.21. The molecule has 3 heteroatoms. The van der Waals surface area contributed by atoms with Crippen LogP contribution in [0.5, 0.6) is 0 Å². The number of hydrogen-bond acceptors (Lipinski definition) is 3. The van der Waals surface area contributed by atoms with E-state index < -0.39 is 5.60 Å². The summed E-state index contributed by atoms with van der Waals surface area (Å²) in [6, 6.07) is 0. The van der Waals surface area contributed by atoms with Gasteiger partial charge in [-0.1, -0.05) is 39.0 Å². The SMILES string of the molecule is CCCCC1(C(=O)OCC)OC12CCCCC2. The standard InChI is InChI=1S/C14H24O3/c1-3-5-11-14(12(15)16-4-2)13(17-14)9-7-6-8-10-13/h3-11H2,1-2H3. The van der Waals surface area contributed by atoms with E-state index in [2.05, 4.69) is 6.92 Å². The van der Waals surface area contributed by atoms with Gasteiger partial charge in [-0.15, -0.1) is 0 Å².